The van der Waals surface area contributed by atoms with E-state index in [9.17, 15) is 32.3 Å². The predicted molar refractivity (Wildman–Crippen MR) is 173 cm³/mol. The molecule has 1 unspecified atom stereocenters. The molecule has 6 rings (SSSR count). The molecular weight excluding hydrogens is 629 g/mol. The van der Waals surface area contributed by atoms with Gasteiger partial charge in [-0.25, -0.2) is 17.6 Å². The summed E-state index contributed by atoms with van der Waals surface area (Å²) in [4.78, 5) is 44.7. The van der Waals surface area contributed by atoms with Gasteiger partial charge in [-0.15, -0.1) is 0 Å². The molecule has 246 valence electrons. The van der Waals surface area contributed by atoms with Crippen LogP contribution in [-0.4, -0.2) is 92.2 Å². The average molecular weight is 664 g/mol. The fourth-order valence-corrected chi connectivity index (χ4v) is 7.49. The standard InChI is InChI=1S/C32H34FN7O6S/c1-38-11-13-39(14-12-38)27-17-22(29(34)41)23(18-28(27)40-10-3-2-7-26(40)32(43)44)31(42)35-30-24-16-21(8-9-25(24)36-37-30)47(45,46)20-6-4-5-19(33)15-20/h4-6,8-9,15-18,26H,2-3,7,10-14H2,1H3,(H2,34,41)(H,43,44)(H2,35,36,37,42). The van der Waals surface area contributed by atoms with E-state index in [0.717, 1.165) is 38.1 Å². The molecule has 47 heavy (non-hydrogen) atoms. The van der Waals surface area contributed by atoms with Crippen LogP contribution < -0.4 is 20.9 Å². The summed E-state index contributed by atoms with van der Waals surface area (Å²) in [5.74, 6) is -3.29. The Labute approximate surface area is 270 Å². The third kappa shape index (κ3) is 6.23. The number of aromatic nitrogens is 2. The summed E-state index contributed by atoms with van der Waals surface area (Å²) in [5.41, 5.74) is 7.21. The molecule has 13 nitrogen and oxygen atoms in total. The zero-order valence-electron chi connectivity index (χ0n) is 25.6. The van der Waals surface area contributed by atoms with Crippen LogP contribution in [0.5, 0.6) is 0 Å². The van der Waals surface area contributed by atoms with Crippen molar-refractivity contribution in [3.8, 4) is 0 Å². The van der Waals surface area contributed by atoms with Crippen molar-refractivity contribution >= 4 is 55.7 Å². The van der Waals surface area contributed by atoms with Crippen molar-refractivity contribution in [1.29, 1.82) is 0 Å². The van der Waals surface area contributed by atoms with E-state index in [1.54, 1.807) is 11.0 Å². The van der Waals surface area contributed by atoms with Crippen LogP contribution in [0.4, 0.5) is 21.6 Å². The number of benzene rings is 3. The summed E-state index contributed by atoms with van der Waals surface area (Å²) in [6, 6.07) is 11.0. The molecule has 0 saturated carbocycles. The Morgan fingerprint density at radius 2 is 1.68 bits per heavy atom. The number of piperazine rings is 1. The highest BCUT2D eigenvalue weighted by Crippen LogP contribution is 2.38. The van der Waals surface area contributed by atoms with Crippen LogP contribution in [0.2, 0.25) is 0 Å². The number of halogens is 1. The lowest BCUT2D eigenvalue weighted by Gasteiger charge is -2.40. The van der Waals surface area contributed by atoms with Gasteiger partial charge in [0.25, 0.3) is 5.91 Å². The summed E-state index contributed by atoms with van der Waals surface area (Å²) in [6.07, 6.45) is 1.93. The second-order valence-corrected chi connectivity index (χ2v) is 13.7. The first-order chi connectivity index (χ1) is 22.4. The smallest absolute Gasteiger partial charge is 0.326 e. The Morgan fingerprint density at radius 1 is 0.957 bits per heavy atom. The van der Waals surface area contributed by atoms with Gasteiger partial charge in [0.15, 0.2) is 5.82 Å². The lowest BCUT2D eigenvalue weighted by Crippen LogP contribution is -2.48. The molecular formula is C32H34FN7O6S. The Morgan fingerprint density at radius 3 is 2.38 bits per heavy atom. The minimum absolute atomic E-state index is 0.0113. The second kappa shape index (κ2) is 12.6. The van der Waals surface area contributed by atoms with E-state index in [1.165, 1.54) is 36.4 Å². The second-order valence-electron chi connectivity index (χ2n) is 11.8. The first-order valence-electron chi connectivity index (χ1n) is 15.1. The van der Waals surface area contributed by atoms with Gasteiger partial charge in [-0.05, 0) is 74.8 Å². The van der Waals surface area contributed by atoms with Crippen LogP contribution in [0.15, 0.2) is 64.4 Å². The lowest BCUT2D eigenvalue weighted by atomic mass is 9.97. The van der Waals surface area contributed by atoms with E-state index >= 15 is 0 Å². The predicted octanol–water partition coefficient (Wildman–Crippen LogP) is 3.08. The average Bonchev–Trinajstić information content (AvgIpc) is 3.46. The van der Waals surface area contributed by atoms with E-state index in [-0.39, 0.29) is 32.1 Å². The summed E-state index contributed by atoms with van der Waals surface area (Å²) in [5, 5.41) is 19.9. The minimum atomic E-state index is -4.11. The van der Waals surface area contributed by atoms with E-state index in [4.69, 9.17) is 5.73 Å². The molecule has 2 saturated heterocycles. The topological polar surface area (TPSA) is 182 Å². The highest BCUT2D eigenvalue weighted by molar-refractivity contribution is 7.91. The van der Waals surface area contributed by atoms with Gasteiger partial charge >= 0.3 is 5.97 Å². The number of primary amides is 1. The number of aromatic amines is 1. The Balaban J connectivity index is 1.41. The monoisotopic (exact) mass is 663 g/mol. The van der Waals surface area contributed by atoms with Crippen LogP contribution in [-0.2, 0) is 14.6 Å². The van der Waals surface area contributed by atoms with Crippen LogP contribution in [0.25, 0.3) is 10.9 Å². The number of amides is 2. The lowest BCUT2D eigenvalue weighted by molar-refractivity contribution is -0.139. The Kier molecular flexibility index (Phi) is 8.59. The number of nitrogens with zero attached hydrogens (tertiary/aromatic N) is 4. The molecule has 1 aromatic heterocycles. The van der Waals surface area contributed by atoms with Crippen molar-refractivity contribution in [1.82, 2.24) is 15.1 Å². The number of rotatable bonds is 8. The number of hydrogen-bond acceptors (Lipinski definition) is 9. The third-order valence-corrected chi connectivity index (χ3v) is 10.5. The summed E-state index contributed by atoms with van der Waals surface area (Å²) < 4.78 is 40.4. The van der Waals surface area contributed by atoms with Gasteiger partial charge in [0, 0.05) is 38.1 Å². The highest BCUT2D eigenvalue weighted by atomic mass is 32.2. The molecule has 0 bridgehead atoms. The van der Waals surface area contributed by atoms with Gasteiger partial charge in [-0.2, -0.15) is 5.10 Å². The molecule has 0 aliphatic carbocycles. The molecule has 3 heterocycles. The number of carbonyl (C=O) groups is 3. The number of carboxylic acids is 1. The largest absolute Gasteiger partial charge is 0.480 e. The number of hydrogen-bond donors (Lipinski definition) is 4. The quantitative estimate of drug-likeness (QED) is 0.219. The number of likely N-dealkylation sites (N-methyl/N-ethyl adjacent to an activating group) is 1. The normalized spacial score (nSPS) is 17.5. The van der Waals surface area contributed by atoms with Crippen LogP contribution in [0, 0.1) is 5.82 Å². The first kappa shape index (κ1) is 31.9. The maximum absolute atomic E-state index is 13.9. The van der Waals surface area contributed by atoms with Gasteiger partial charge in [0.1, 0.15) is 11.9 Å². The maximum Gasteiger partial charge on any atom is 0.326 e. The van der Waals surface area contributed by atoms with Gasteiger partial charge in [-0.1, -0.05) is 6.07 Å². The zero-order chi connectivity index (χ0) is 33.5. The maximum atomic E-state index is 13.9. The molecule has 2 aliphatic heterocycles. The molecule has 15 heteroatoms. The van der Waals surface area contributed by atoms with E-state index in [0.29, 0.717) is 42.9 Å². The Bertz CT molecular complexity index is 1990. The number of nitrogens with one attached hydrogen (secondary N) is 2. The molecule has 4 aromatic rings. The Hall–Kier alpha value is -5.02. The first-order valence-corrected chi connectivity index (χ1v) is 16.6. The molecule has 2 amide bonds. The van der Waals surface area contributed by atoms with E-state index < -0.39 is 39.5 Å². The summed E-state index contributed by atoms with van der Waals surface area (Å²) >= 11 is 0. The molecule has 0 radical (unpaired) electrons. The van der Waals surface area contributed by atoms with Gasteiger partial charge < -0.3 is 30.9 Å². The van der Waals surface area contributed by atoms with Crippen LogP contribution >= 0.6 is 0 Å². The van der Waals surface area contributed by atoms with Crippen molar-refractivity contribution < 1.29 is 32.3 Å². The van der Waals surface area contributed by atoms with Crippen LogP contribution in [0.3, 0.4) is 0 Å². The van der Waals surface area contributed by atoms with Crippen molar-refractivity contribution in [2.24, 2.45) is 5.73 Å². The number of sulfone groups is 1. The van der Waals surface area contributed by atoms with Crippen molar-refractivity contribution in [3.63, 3.8) is 0 Å². The number of carboxylic acid groups (broad SMARTS) is 1. The van der Waals surface area contributed by atoms with Gasteiger partial charge in [0.2, 0.25) is 15.7 Å². The SMILES string of the molecule is CN1CCN(c2cc(C(N)=O)c(C(=O)Nc3n[nH]c4ccc(S(=O)(=O)c5cccc(F)c5)cc34)cc2N2CCCCC2C(=O)O)CC1. The number of carbonyl (C=O) groups excluding carboxylic acids is 2. The van der Waals surface area contributed by atoms with E-state index in [1.807, 2.05) is 7.05 Å². The molecule has 1 atom stereocenters. The van der Waals surface area contributed by atoms with E-state index in [2.05, 4.69) is 25.3 Å². The number of aliphatic carboxylic acids is 1. The fourth-order valence-electron chi connectivity index (χ4n) is 6.18. The van der Waals surface area contributed by atoms with Crippen LogP contribution in [0.1, 0.15) is 40.0 Å². The number of fused-ring (bicyclic) bond motifs is 1. The summed E-state index contributed by atoms with van der Waals surface area (Å²) in [6.45, 7) is 3.19. The molecule has 3 aromatic carbocycles. The minimum Gasteiger partial charge on any atom is -0.480 e. The molecule has 2 aliphatic rings. The molecule has 5 N–H and O–H groups in total. The number of piperidine rings is 1. The van der Waals surface area contributed by atoms with Gasteiger partial charge in [-0.3, -0.25) is 14.7 Å². The molecule has 0 spiro atoms. The van der Waals surface area contributed by atoms with Gasteiger partial charge in [0.05, 0.1) is 37.8 Å². The number of nitrogens with two attached hydrogens (primary N) is 1. The van der Waals surface area contributed by atoms with Crippen molar-refractivity contribution in [3.05, 3.63) is 71.5 Å². The third-order valence-electron chi connectivity index (χ3n) is 8.75. The fraction of sp³-hybridized carbons (Fsp3) is 0.312. The number of H-pyrrole nitrogens is 1. The summed E-state index contributed by atoms with van der Waals surface area (Å²) in [7, 11) is -2.11. The van der Waals surface area contributed by atoms with Crippen molar-refractivity contribution in [2.45, 2.75) is 35.1 Å². The number of anilines is 3. The molecule has 2 fully saturated rings. The highest BCUT2D eigenvalue weighted by Gasteiger charge is 2.33. The van der Waals surface area contributed by atoms with Crippen molar-refractivity contribution in [2.75, 3.05) is 54.9 Å². The zero-order valence-corrected chi connectivity index (χ0v) is 26.4.